The molecule has 6 rings (SSSR count). The van der Waals surface area contributed by atoms with Gasteiger partial charge in [-0.2, -0.15) is 18.3 Å². The average molecular weight is 600 g/mol. The van der Waals surface area contributed by atoms with E-state index < -0.39 is 29.2 Å². The van der Waals surface area contributed by atoms with E-state index in [-0.39, 0.29) is 35.4 Å². The molecule has 2 amide bonds. The lowest BCUT2D eigenvalue weighted by Gasteiger charge is -2.25. The largest absolute Gasteiger partial charge is 0.434 e. The first-order valence-corrected chi connectivity index (χ1v) is 14.5. The van der Waals surface area contributed by atoms with Gasteiger partial charge in [0.05, 0.1) is 36.0 Å². The number of fused-ring (bicyclic) bond motifs is 1. The zero-order valence-corrected chi connectivity index (χ0v) is 23.5. The zero-order valence-electron chi connectivity index (χ0n) is 23.5. The maximum atomic E-state index is 14.1. The summed E-state index contributed by atoms with van der Waals surface area (Å²) in [6.45, 7) is 3.94. The highest BCUT2D eigenvalue weighted by Crippen LogP contribution is 2.37. The van der Waals surface area contributed by atoms with Gasteiger partial charge in [-0.15, -0.1) is 0 Å². The van der Waals surface area contributed by atoms with Gasteiger partial charge in [0, 0.05) is 39.3 Å². The second-order valence-corrected chi connectivity index (χ2v) is 11.6. The molecule has 0 saturated carbocycles. The number of hydrogen-bond acceptors (Lipinski definition) is 5. The van der Waals surface area contributed by atoms with Gasteiger partial charge < -0.3 is 19.9 Å². The van der Waals surface area contributed by atoms with Crippen molar-refractivity contribution in [3.63, 3.8) is 0 Å². The second-order valence-electron chi connectivity index (χ2n) is 11.6. The Balaban J connectivity index is 1.09. The van der Waals surface area contributed by atoms with Crippen LogP contribution >= 0.6 is 0 Å². The van der Waals surface area contributed by atoms with Gasteiger partial charge in [0.25, 0.3) is 5.91 Å². The third-order valence-electron chi connectivity index (χ3n) is 8.74. The molecular formula is C31H33F4N5O3. The molecule has 228 valence electrons. The number of nitrogens with zero attached hydrogens (tertiary/aromatic N) is 4. The number of hydrogen-bond donors (Lipinski definition) is 1. The predicted octanol–water partition coefficient (Wildman–Crippen LogP) is 4.32. The molecule has 0 spiro atoms. The third-order valence-corrected chi connectivity index (χ3v) is 8.74. The summed E-state index contributed by atoms with van der Waals surface area (Å²) in [4.78, 5) is 30.0. The van der Waals surface area contributed by atoms with E-state index >= 15 is 0 Å². The molecule has 1 N–H and O–H groups in total. The number of nitrogens with one attached hydrogen (secondary N) is 1. The lowest BCUT2D eigenvalue weighted by Crippen LogP contribution is -2.37. The number of amides is 2. The highest BCUT2D eigenvalue weighted by molar-refractivity contribution is 5.95. The van der Waals surface area contributed by atoms with Gasteiger partial charge in [-0.05, 0) is 54.5 Å². The molecule has 0 aliphatic carbocycles. The van der Waals surface area contributed by atoms with Gasteiger partial charge in [-0.25, -0.2) is 9.07 Å². The van der Waals surface area contributed by atoms with Crippen LogP contribution in [0.5, 0.6) is 0 Å². The van der Waals surface area contributed by atoms with Crippen molar-refractivity contribution in [3.05, 3.63) is 83.4 Å². The quantitative estimate of drug-likeness (QED) is 0.391. The molecule has 8 nitrogen and oxygen atoms in total. The van der Waals surface area contributed by atoms with Crippen molar-refractivity contribution in [2.24, 2.45) is 17.8 Å². The molecule has 1 aromatic heterocycles. The highest BCUT2D eigenvalue weighted by Gasteiger charge is 2.45. The first-order valence-electron chi connectivity index (χ1n) is 14.5. The molecule has 3 fully saturated rings. The molecule has 3 saturated heterocycles. The summed E-state index contributed by atoms with van der Waals surface area (Å²) in [5, 5.41) is 7.06. The molecule has 3 aliphatic rings. The van der Waals surface area contributed by atoms with E-state index in [1.54, 1.807) is 0 Å². The maximum absolute atomic E-state index is 14.1. The molecule has 3 unspecified atom stereocenters. The fourth-order valence-electron chi connectivity index (χ4n) is 6.51. The lowest BCUT2D eigenvalue weighted by molar-refractivity contribution is -0.143. The summed E-state index contributed by atoms with van der Waals surface area (Å²) in [6, 6.07) is 14.2. The Hall–Kier alpha value is -3.77. The zero-order chi connectivity index (χ0) is 30.1. The molecule has 4 heterocycles. The number of halogens is 4. The van der Waals surface area contributed by atoms with Gasteiger partial charge in [0.2, 0.25) is 5.91 Å². The van der Waals surface area contributed by atoms with Crippen LogP contribution in [-0.2, 0) is 15.7 Å². The summed E-state index contributed by atoms with van der Waals surface area (Å²) in [7, 11) is 0. The topological polar surface area (TPSA) is 79.7 Å². The number of carbonyl (C=O) groups is 2. The highest BCUT2D eigenvalue weighted by atomic mass is 19.4. The Kier molecular flexibility index (Phi) is 8.23. The summed E-state index contributed by atoms with van der Waals surface area (Å²) < 4.78 is 61.8. The molecule has 12 heteroatoms. The SMILES string of the molecule is O=C(N[C@@H](CCN1CC2CN(C(=O)c3cnn(-c4ccc(F)cc4)c3C(F)(F)F)CC2C1)c1ccccc1)C1CCOC1. The van der Waals surface area contributed by atoms with Crippen LogP contribution < -0.4 is 5.32 Å². The van der Waals surface area contributed by atoms with Crippen LogP contribution in [0.4, 0.5) is 17.6 Å². The van der Waals surface area contributed by atoms with Crippen molar-refractivity contribution < 1.29 is 31.9 Å². The van der Waals surface area contributed by atoms with Gasteiger partial charge in [-0.3, -0.25) is 9.59 Å². The fraction of sp³-hybridized carbons (Fsp3) is 0.452. The Labute approximate surface area is 246 Å². The van der Waals surface area contributed by atoms with E-state index in [9.17, 15) is 27.2 Å². The lowest BCUT2D eigenvalue weighted by atomic mass is 10.0. The Morgan fingerprint density at radius 3 is 2.33 bits per heavy atom. The van der Waals surface area contributed by atoms with Crippen molar-refractivity contribution in [1.82, 2.24) is 24.9 Å². The first kappa shape index (κ1) is 29.3. The molecule has 0 radical (unpaired) electrons. The van der Waals surface area contributed by atoms with Crippen LogP contribution in [0.1, 0.15) is 40.5 Å². The van der Waals surface area contributed by atoms with Crippen LogP contribution in [0.2, 0.25) is 0 Å². The number of likely N-dealkylation sites (tertiary alicyclic amines) is 2. The molecule has 3 aromatic rings. The van der Waals surface area contributed by atoms with Crippen molar-refractivity contribution >= 4 is 11.8 Å². The normalized spacial score (nSPS) is 23.0. The van der Waals surface area contributed by atoms with E-state index in [0.717, 1.165) is 49.9 Å². The molecule has 4 atom stereocenters. The standard InChI is InChI=1S/C31H33F4N5O3/c32-24-6-8-25(9-7-24)40-28(31(33,34)35)26(14-36-40)30(42)39-17-22-15-38(16-23(22)18-39)12-10-27(20-4-2-1-3-5-20)37-29(41)21-11-13-43-19-21/h1-9,14,21-23,27H,10-13,15-19H2,(H,37,41)/t21?,22?,23?,27-/m0/s1. The number of alkyl halides is 3. The number of ether oxygens (including phenoxy) is 1. The molecule has 43 heavy (non-hydrogen) atoms. The van der Waals surface area contributed by atoms with Crippen molar-refractivity contribution in [2.75, 3.05) is 45.9 Å². The van der Waals surface area contributed by atoms with Gasteiger partial charge in [0.1, 0.15) is 5.82 Å². The minimum Gasteiger partial charge on any atom is -0.381 e. The van der Waals surface area contributed by atoms with Gasteiger partial charge in [0.15, 0.2) is 5.69 Å². The molecule has 3 aliphatic heterocycles. The van der Waals surface area contributed by atoms with Crippen molar-refractivity contribution in [2.45, 2.75) is 25.1 Å². The van der Waals surface area contributed by atoms with E-state index in [2.05, 4.69) is 15.3 Å². The van der Waals surface area contributed by atoms with Crippen LogP contribution in [0.15, 0.2) is 60.8 Å². The van der Waals surface area contributed by atoms with Gasteiger partial charge in [-0.1, -0.05) is 30.3 Å². The van der Waals surface area contributed by atoms with Crippen molar-refractivity contribution in [3.8, 4) is 5.69 Å². The van der Waals surface area contributed by atoms with Gasteiger partial charge >= 0.3 is 6.18 Å². The monoisotopic (exact) mass is 599 g/mol. The molecular weight excluding hydrogens is 566 g/mol. The Bertz CT molecular complexity index is 1430. The van der Waals surface area contributed by atoms with Crippen LogP contribution in [0.25, 0.3) is 5.69 Å². The summed E-state index contributed by atoms with van der Waals surface area (Å²) in [5.74, 6) is -1.14. The third kappa shape index (κ3) is 6.30. The number of rotatable bonds is 8. The Morgan fingerprint density at radius 1 is 1.00 bits per heavy atom. The van der Waals surface area contributed by atoms with Crippen molar-refractivity contribution in [1.29, 1.82) is 0 Å². The Morgan fingerprint density at radius 2 is 1.70 bits per heavy atom. The first-order chi connectivity index (χ1) is 20.7. The fourth-order valence-corrected chi connectivity index (χ4v) is 6.51. The number of aromatic nitrogens is 2. The van der Waals surface area contributed by atoms with Crippen LogP contribution in [0.3, 0.4) is 0 Å². The minimum atomic E-state index is -4.84. The number of carbonyl (C=O) groups excluding carboxylic acids is 2. The minimum absolute atomic E-state index is 0.000208. The molecule has 2 aromatic carbocycles. The molecule has 0 bridgehead atoms. The summed E-state index contributed by atoms with van der Waals surface area (Å²) >= 11 is 0. The van der Waals surface area contributed by atoms with Crippen LogP contribution in [-0.4, -0.2) is 77.3 Å². The van der Waals surface area contributed by atoms with E-state index in [1.807, 2.05) is 30.3 Å². The second kappa shape index (κ2) is 12.1. The smallest absolute Gasteiger partial charge is 0.381 e. The van der Waals surface area contributed by atoms with E-state index in [1.165, 1.54) is 17.0 Å². The number of benzene rings is 2. The summed E-state index contributed by atoms with van der Waals surface area (Å²) in [5.41, 5.74) is -0.625. The average Bonchev–Trinajstić information content (AvgIpc) is 3.79. The maximum Gasteiger partial charge on any atom is 0.434 e. The van der Waals surface area contributed by atoms with E-state index in [0.29, 0.717) is 37.4 Å². The van der Waals surface area contributed by atoms with Crippen LogP contribution in [0, 0.1) is 23.6 Å². The predicted molar refractivity (Wildman–Crippen MR) is 149 cm³/mol. The van der Waals surface area contributed by atoms with E-state index in [4.69, 9.17) is 4.74 Å². The summed E-state index contributed by atoms with van der Waals surface area (Å²) in [6.07, 6.45) is -2.46.